The highest BCUT2D eigenvalue weighted by Gasteiger charge is 2.16. The molecule has 272 valence electrons. The summed E-state index contributed by atoms with van der Waals surface area (Å²) in [6, 6.07) is 77.8. The number of aromatic nitrogens is 1. The van der Waals surface area contributed by atoms with Gasteiger partial charge in [0.1, 0.15) is 5.52 Å². The zero-order valence-corrected chi connectivity index (χ0v) is 31.6. The van der Waals surface area contributed by atoms with Gasteiger partial charge in [-0.05, 0) is 121 Å². The number of hydrogen-bond donors (Lipinski definition) is 0. The molecule has 1 aromatic heterocycles. The van der Waals surface area contributed by atoms with E-state index in [1.165, 1.54) is 38.4 Å². The monoisotopic (exact) mass is 740 g/mol. The first-order chi connectivity index (χ1) is 28.7. The van der Waals surface area contributed by atoms with Crippen LogP contribution in [-0.4, -0.2) is 4.98 Å². The summed E-state index contributed by atoms with van der Waals surface area (Å²) in [7, 11) is 0. The smallest absolute Gasteiger partial charge is 0.227 e. The van der Waals surface area contributed by atoms with Gasteiger partial charge in [-0.3, -0.25) is 0 Å². The Morgan fingerprint density at radius 2 is 0.793 bits per heavy atom. The maximum absolute atomic E-state index is 6.29. The lowest BCUT2D eigenvalue weighted by Gasteiger charge is -2.26. The molecule has 0 aliphatic carbocycles. The van der Waals surface area contributed by atoms with Gasteiger partial charge in [-0.15, -0.1) is 0 Å². The predicted octanol–water partition coefficient (Wildman–Crippen LogP) is 15.4. The van der Waals surface area contributed by atoms with Gasteiger partial charge in [-0.2, -0.15) is 0 Å². The first-order valence-corrected chi connectivity index (χ1v) is 19.7. The zero-order chi connectivity index (χ0) is 38.4. The van der Waals surface area contributed by atoms with E-state index in [1.807, 2.05) is 36.4 Å². The van der Waals surface area contributed by atoms with Crippen LogP contribution in [0.2, 0.25) is 0 Å². The molecule has 58 heavy (non-hydrogen) atoms. The van der Waals surface area contributed by atoms with E-state index in [0.717, 1.165) is 61.0 Å². The van der Waals surface area contributed by atoms with Crippen LogP contribution >= 0.6 is 0 Å². The lowest BCUT2D eigenvalue weighted by atomic mass is 9.96. The van der Waals surface area contributed by atoms with Crippen LogP contribution in [0.15, 0.2) is 223 Å². The van der Waals surface area contributed by atoms with Gasteiger partial charge in [-0.25, -0.2) is 4.98 Å². The number of hydrogen-bond acceptors (Lipinski definition) is 3. The minimum atomic E-state index is 0.634. The Hall–Kier alpha value is -7.75. The maximum Gasteiger partial charge on any atom is 0.227 e. The molecule has 0 spiro atoms. The van der Waals surface area contributed by atoms with Crippen LogP contribution in [0.25, 0.3) is 88.3 Å². The first kappa shape index (κ1) is 33.6. The normalized spacial score (nSPS) is 11.4. The summed E-state index contributed by atoms with van der Waals surface area (Å²) in [6.07, 6.45) is 0. The third kappa shape index (κ3) is 6.07. The van der Waals surface area contributed by atoms with Crippen molar-refractivity contribution in [2.24, 2.45) is 0 Å². The van der Waals surface area contributed by atoms with Gasteiger partial charge < -0.3 is 9.32 Å². The average molecular weight is 741 g/mol. The van der Waals surface area contributed by atoms with Gasteiger partial charge in [0.25, 0.3) is 0 Å². The van der Waals surface area contributed by atoms with Crippen LogP contribution in [0.1, 0.15) is 0 Å². The first-order valence-electron chi connectivity index (χ1n) is 19.7. The van der Waals surface area contributed by atoms with Gasteiger partial charge in [0.2, 0.25) is 5.89 Å². The largest absolute Gasteiger partial charge is 0.436 e. The average Bonchev–Trinajstić information content (AvgIpc) is 3.75. The van der Waals surface area contributed by atoms with Crippen molar-refractivity contribution in [2.75, 3.05) is 4.90 Å². The Balaban J connectivity index is 0.963. The van der Waals surface area contributed by atoms with E-state index in [1.54, 1.807) is 0 Å². The Labute approximate surface area is 336 Å². The molecule has 0 amide bonds. The Bertz CT molecular complexity index is 3240. The topological polar surface area (TPSA) is 29.3 Å². The molecule has 0 aliphatic heterocycles. The number of oxazole rings is 1. The van der Waals surface area contributed by atoms with E-state index in [2.05, 4.69) is 187 Å². The second kappa shape index (κ2) is 14.1. The fourth-order valence-electron chi connectivity index (χ4n) is 8.27. The van der Waals surface area contributed by atoms with Crippen LogP contribution in [-0.2, 0) is 0 Å². The SMILES string of the molecule is c1ccc(-c2ccc(-c3ccc(N(c4ccc(-c5ccc6ccc7ccc8oc(-c9ccccc9)nc8c7c6c5)cc4)c4ccc5ccccc5c4)cc3)cc2)cc1. The molecule has 0 bridgehead atoms. The number of benzene rings is 10. The van der Waals surface area contributed by atoms with E-state index in [4.69, 9.17) is 9.40 Å². The van der Waals surface area contributed by atoms with Gasteiger partial charge in [0.15, 0.2) is 5.58 Å². The number of fused-ring (bicyclic) bond motifs is 6. The summed E-state index contributed by atoms with van der Waals surface area (Å²) in [5.74, 6) is 0.634. The van der Waals surface area contributed by atoms with Crippen LogP contribution in [0.3, 0.4) is 0 Å². The molecule has 11 rings (SSSR count). The third-order valence-electron chi connectivity index (χ3n) is 11.3. The van der Waals surface area contributed by atoms with Crippen molar-refractivity contribution in [2.45, 2.75) is 0 Å². The molecule has 0 N–H and O–H groups in total. The maximum atomic E-state index is 6.29. The Morgan fingerprint density at radius 3 is 1.47 bits per heavy atom. The lowest BCUT2D eigenvalue weighted by molar-refractivity contribution is 0.620. The summed E-state index contributed by atoms with van der Waals surface area (Å²) in [4.78, 5) is 7.38. The van der Waals surface area contributed by atoms with Crippen LogP contribution < -0.4 is 4.90 Å². The minimum absolute atomic E-state index is 0.634. The van der Waals surface area contributed by atoms with Gasteiger partial charge in [0.05, 0.1) is 0 Å². The highest BCUT2D eigenvalue weighted by atomic mass is 16.3. The zero-order valence-electron chi connectivity index (χ0n) is 31.6. The van der Waals surface area contributed by atoms with Gasteiger partial charge >= 0.3 is 0 Å². The van der Waals surface area contributed by atoms with Crippen molar-refractivity contribution in [1.29, 1.82) is 0 Å². The molecule has 3 nitrogen and oxygen atoms in total. The molecule has 11 aromatic rings. The fraction of sp³-hybridized carbons (Fsp3) is 0. The quantitative estimate of drug-likeness (QED) is 0.152. The van der Waals surface area contributed by atoms with E-state index >= 15 is 0 Å². The molecule has 0 saturated heterocycles. The highest BCUT2D eigenvalue weighted by Crippen LogP contribution is 2.40. The fourth-order valence-corrected chi connectivity index (χ4v) is 8.27. The minimum Gasteiger partial charge on any atom is -0.436 e. The summed E-state index contributed by atoms with van der Waals surface area (Å²) in [5, 5.41) is 7.00. The second-order valence-electron chi connectivity index (χ2n) is 14.8. The van der Waals surface area contributed by atoms with E-state index < -0.39 is 0 Å². The predicted molar refractivity (Wildman–Crippen MR) is 243 cm³/mol. The Morgan fingerprint density at radius 1 is 0.328 bits per heavy atom. The summed E-state index contributed by atoms with van der Waals surface area (Å²) in [5.41, 5.74) is 13.0. The van der Waals surface area contributed by atoms with Crippen molar-refractivity contribution in [1.82, 2.24) is 4.98 Å². The van der Waals surface area contributed by atoms with Crippen molar-refractivity contribution < 1.29 is 4.42 Å². The van der Waals surface area contributed by atoms with Crippen molar-refractivity contribution >= 4 is 60.5 Å². The summed E-state index contributed by atoms with van der Waals surface area (Å²) >= 11 is 0. The van der Waals surface area contributed by atoms with E-state index in [0.29, 0.717) is 5.89 Å². The standard InChI is InChI=1S/C55H36N2O/c1-3-9-37(10-4-1)39-15-17-40(18-16-39)41-23-29-48(30-24-41)57(50-33-27-38-11-7-8-14-46(38)35-50)49-31-25-42(26-32-49)47-22-20-43-19-21-44-28-34-52-54(53(44)51(43)36-47)56-55(58-52)45-12-5-2-6-13-45/h1-36H. The van der Waals surface area contributed by atoms with E-state index in [9.17, 15) is 0 Å². The molecule has 1 heterocycles. The van der Waals surface area contributed by atoms with Crippen LogP contribution in [0.5, 0.6) is 0 Å². The van der Waals surface area contributed by atoms with Gasteiger partial charge in [0, 0.05) is 28.0 Å². The van der Waals surface area contributed by atoms with Crippen LogP contribution in [0.4, 0.5) is 17.1 Å². The van der Waals surface area contributed by atoms with Gasteiger partial charge in [-0.1, -0.05) is 158 Å². The molecule has 3 heteroatoms. The molecular weight excluding hydrogens is 705 g/mol. The van der Waals surface area contributed by atoms with Crippen molar-refractivity contribution in [3.8, 4) is 44.8 Å². The summed E-state index contributed by atoms with van der Waals surface area (Å²) in [6.45, 7) is 0. The lowest BCUT2D eigenvalue weighted by Crippen LogP contribution is -2.09. The third-order valence-corrected chi connectivity index (χ3v) is 11.3. The summed E-state index contributed by atoms with van der Waals surface area (Å²) < 4.78 is 6.29. The molecule has 0 saturated carbocycles. The number of anilines is 3. The van der Waals surface area contributed by atoms with Crippen molar-refractivity contribution in [3.05, 3.63) is 218 Å². The second-order valence-corrected chi connectivity index (χ2v) is 14.8. The molecular formula is C55H36N2O. The highest BCUT2D eigenvalue weighted by molar-refractivity contribution is 6.19. The van der Waals surface area contributed by atoms with E-state index in [-0.39, 0.29) is 0 Å². The van der Waals surface area contributed by atoms with Crippen molar-refractivity contribution in [3.63, 3.8) is 0 Å². The molecule has 10 aromatic carbocycles. The molecule has 0 radical (unpaired) electrons. The molecule has 0 unspecified atom stereocenters. The van der Waals surface area contributed by atoms with Crippen LogP contribution in [0, 0.1) is 0 Å². The number of rotatable bonds is 7. The Kier molecular flexibility index (Phi) is 8.15. The number of nitrogens with zero attached hydrogens (tertiary/aromatic N) is 2. The molecule has 0 fully saturated rings. The molecule has 0 aliphatic rings. The molecule has 0 atom stereocenters.